The van der Waals surface area contributed by atoms with Crippen LogP contribution >= 0.6 is 0 Å². The standard InChI is InChI=1S/C23H23N5O4/c1-16(31-12-11-22-25-27-28(26-22)14-23(29)30)18-6-4-7-20(13-18)32-15-19-10-9-17-5-2-3-8-21(17)24-19/h2-10,13,16H,11-12,14-15H2,1H3,(H,29,30). The topological polar surface area (TPSA) is 112 Å². The third kappa shape index (κ3) is 5.64. The van der Waals surface area contributed by atoms with Gasteiger partial charge in [-0.25, -0.2) is 4.98 Å². The second-order valence-electron chi connectivity index (χ2n) is 7.25. The van der Waals surface area contributed by atoms with E-state index in [2.05, 4.69) is 20.4 Å². The van der Waals surface area contributed by atoms with Crippen molar-refractivity contribution in [2.24, 2.45) is 0 Å². The van der Waals surface area contributed by atoms with E-state index in [0.717, 1.165) is 32.7 Å². The number of nitrogens with zero attached hydrogens (tertiary/aromatic N) is 5. The predicted molar refractivity (Wildman–Crippen MR) is 116 cm³/mol. The number of benzene rings is 2. The predicted octanol–water partition coefficient (Wildman–Crippen LogP) is 3.21. The smallest absolute Gasteiger partial charge is 0.327 e. The van der Waals surface area contributed by atoms with E-state index >= 15 is 0 Å². The third-order valence-electron chi connectivity index (χ3n) is 4.83. The number of carboxylic acid groups (broad SMARTS) is 1. The number of hydrogen-bond acceptors (Lipinski definition) is 7. The molecule has 0 aliphatic carbocycles. The van der Waals surface area contributed by atoms with Gasteiger partial charge in [-0.05, 0) is 42.0 Å². The van der Waals surface area contributed by atoms with Gasteiger partial charge in [0.25, 0.3) is 0 Å². The number of aromatic nitrogens is 5. The van der Waals surface area contributed by atoms with Gasteiger partial charge in [0.1, 0.15) is 12.4 Å². The Morgan fingerprint density at radius 3 is 2.88 bits per heavy atom. The molecule has 164 valence electrons. The second-order valence-corrected chi connectivity index (χ2v) is 7.25. The van der Waals surface area contributed by atoms with E-state index in [1.54, 1.807) is 0 Å². The average molecular weight is 433 g/mol. The summed E-state index contributed by atoms with van der Waals surface area (Å²) in [5.41, 5.74) is 2.79. The van der Waals surface area contributed by atoms with E-state index < -0.39 is 5.97 Å². The lowest BCUT2D eigenvalue weighted by atomic mass is 10.1. The molecule has 1 atom stereocenters. The Hall–Kier alpha value is -3.85. The molecule has 9 nitrogen and oxygen atoms in total. The van der Waals surface area contributed by atoms with Crippen molar-refractivity contribution in [1.29, 1.82) is 0 Å². The first-order valence-corrected chi connectivity index (χ1v) is 10.2. The Kier molecular flexibility index (Phi) is 6.66. The van der Waals surface area contributed by atoms with Crippen LogP contribution in [0.15, 0.2) is 60.7 Å². The summed E-state index contributed by atoms with van der Waals surface area (Å²) >= 11 is 0. The molecular weight excluding hydrogens is 410 g/mol. The lowest BCUT2D eigenvalue weighted by molar-refractivity contribution is -0.138. The van der Waals surface area contributed by atoms with Gasteiger partial charge >= 0.3 is 5.97 Å². The van der Waals surface area contributed by atoms with Crippen LogP contribution in [0.4, 0.5) is 0 Å². The van der Waals surface area contributed by atoms with Crippen molar-refractivity contribution in [3.05, 3.63) is 77.7 Å². The highest BCUT2D eigenvalue weighted by molar-refractivity contribution is 5.78. The van der Waals surface area contributed by atoms with Crippen LogP contribution < -0.4 is 4.74 Å². The van der Waals surface area contributed by atoms with Gasteiger partial charge in [-0.2, -0.15) is 4.80 Å². The minimum absolute atomic E-state index is 0.161. The van der Waals surface area contributed by atoms with Crippen molar-refractivity contribution < 1.29 is 19.4 Å². The molecule has 1 N–H and O–H groups in total. The van der Waals surface area contributed by atoms with Crippen molar-refractivity contribution in [2.45, 2.75) is 32.6 Å². The summed E-state index contributed by atoms with van der Waals surface area (Å²) in [5.74, 6) is 0.168. The summed E-state index contributed by atoms with van der Waals surface area (Å²) in [7, 11) is 0. The molecule has 0 aliphatic rings. The number of pyridine rings is 1. The van der Waals surface area contributed by atoms with Crippen LogP contribution in [0.5, 0.6) is 5.75 Å². The van der Waals surface area contributed by atoms with Crippen LogP contribution in [-0.4, -0.2) is 42.9 Å². The molecule has 0 amide bonds. The number of rotatable bonds is 10. The Morgan fingerprint density at radius 1 is 1.12 bits per heavy atom. The van der Waals surface area contributed by atoms with Crippen LogP contribution in [0, 0.1) is 0 Å². The molecule has 32 heavy (non-hydrogen) atoms. The van der Waals surface area contributed by atoms with Crippen molar-refractivity contribution in [2.75, 3.05) is 6.61 Å². The van der Waals surface area contributed by atoms with Gasteiger partial charge in [-0.3, -0.25) is 4.79 Å². The van der Waals surface area contributed by atoms with Gasteiger partial charge in [0.05, 0.1) is 23.9 Å². The Bertz CT molecular complexity index is 1210. The molecule has 2 heterocycles. The number of hydrogen-bond donors (Lipinski definition) is 1. The highest BCUT2D eigenvalue weighted by Crippen LogP contribution is 2.23. The molecule has 1 unspecified atom stereocenters. The van der Waals surface area contributed by atoms with Gasteiger partial charge in [0, 0.05) is 11.8 Å². The molecule has 9 heteroatoms. The zero-order valence-electron chi connectivity index (χ0n) is 17.6. The van der Waals surface area contributed by atoms with Gasteiger partial charge in [0.15, 0.2) is 12.4 Å². The fraction of sp³-hybridized carbons (Fsp3) is 0.261. The highest BCUT2D eigenvalue weighted by atomic mass is 16.5. The number of para-hydroxylation sites is 1. The van der Waals surface area contributed by atoms with Gasteiger partial charge in [-0.15, -0.1) is 10.2 Å². The monoisotopic (exact) mass is 433 g/mol. The summed E-state index contributed by atoms with van der Waals surface area (Å²) in [6, 6.07) is 19.8. The summed E-state index contributed by atoms with van der Waals surface area (Å²) in [6.07, 6.45) is 0.278. The minimum atomic E-state index is -1.02. The maximum Gasteiger partial charge on any atom is 0.327 e. The first kappa shape index (κ1) is 21.4. The number of carbonyl (C=O) groups is 1. The molecule has 0 fully saturated rings. The molecule has 2 aromatic heterocycles. The van der Waals surface area contributed by atoms with Crippen LogP contribution in [-0.2, 0) is 29.1 Å². The van der Waals surface area contributed by atoms with E-state index in [-0.39, 0.29) is 12.6 Å². The number of tetrazole rings is 1. The largest absolute Gasteiger partial charge is 0.487 e. The number of carboxylic acids is 1. The van der Waals surface area contributed by atoms with Crippen molar-refractivity contribution in [3.63, 3.8) is 0 Å². The Balaban J connectivity index is 1.29. The Labute approximate surface area is 184 Å². The van der Waals surface area contributed by atoms with Crippen LogP contribution in [0.25, 0.3) is 10.9 Å². The lowest BCUT2D eigenvalue weighted by Gasteiger charge is -2.14. The van der Waals surface area contributed by atoms with E-state index in [4.69, 9.17) is 14.6 Å². The zero-order valence-corrected chi connectivity index (χ0v) is 17.6. The fourth-order valence-corrected chi connectivity index (χ4v) is 3.19. The summed E-state index contributed by atoms with van der Waals surface area (Å²) in [4.78, 5) is 16.4. The number of aliphatic carboxylic acids is 1. The van der Waals surface area contributed by atoms with Crippen LogP contribution in [0.2, 0.25) is 0 Å². The van der Waals surface area contributed by atoms with Gasteiger partial charge in [-0.1, -0.05) is 36.4 Å². The molecule has 0 aliphatic heterocycles. The molecule has 0 saturated carbocycles. The van der Waals surface area contributed by atoms with E-state index in [0.29, 0.717) is 25.5 Å². The first-order valence-electron chi connectivity index (χ1n) is 10.2. The number of fused-ring (bicyclic) bond motifs is 1. The molecule has 2 aromatic carbocycles. The third-order valence-corrected chi connectivity index (χ3v) is 4.83. The van der Waals surface area contributed by atoms with E-state index in [1.807, 2.05) is 67.6 Å². The zero-order chi connectivity index (χ0) is 22.3. The SMILES string of the molecule is CC(OCCc1nnn(CC(=O)O)n1)c1cccc(OCc2ccc3ccccc3n2)c1. The summed E-state index contributed by atoms with van der Waals surface area (Å²) in [6.45, 7) is 2.40. The van der Waals surface area contributed by atoms with E-state index in [9.17, 15) is 4.79 Å². The second kappa shape index (κ2) is 9.97. The molecule has 4 rings (SSSR count). The first-order chi connectivity index (χ1) is 15.6. The van der Waals surface area contributed by atoms with Crippen molar-refractivity contribution in [1.82, 2.24) is 25.2 Å². The lowest BCUT2D eigenvalue weighted by Crippen LogP contribution is -2.12. The summed E-state index contributed by atoms with van der Waals surface area (Å²) < 4.78 is 11.8. The maximum atomic E-state index is 10.7. The van der Waals surface area contributed by atoms with Crippen LogP contribution in [0.3, 0.4) is 0 Å². The average Bonchev–Trinajstić information content (AvgIpc) is 3.24. The van der Waals surface area contributed by atoms with Gasteiger partial charge < -0.3 is 14.6 Å². The van der Waals surface area contributed by atoms with Crippen molar-refractivity contribution >= 4 is 16.9 Å². The molecule has 0 saturated heterocycles. The summed E-state index contributed by atoms with van der Waals surface area (Å²) in [5, 5.41) is 21.4. The quantitative estimate of drug-likeness (QED) is 0.406. The number of ether oxygens (including phenoxy) is 2. The molecule has 0 spiro atoms. The molecular formula is C23H23N5O4. The van der Waals surface area contributed by atoms with Gasteiger partial charge in [0.2, 0.25) is 0 Å². The molecule has 0 radical (unpaired) electrons. The Morgan fingerprint density at radius 2 is 2.00 bits per heavy atom. The molecule has 4 aromatic rings. The normalized spacial score (nSPS) is 12.0. The fourth-order valence-electron chi connectivity index (χ4n) is 3.19. The maximum absolute atomic E-state index is 10.7. The van der Waals surface area contributed by atoms with Crippen LogP contribution in [0.1, 0.15) is 30.1 Å². The minimum Gasteiger partial charge on any atom is -0.487 e. The highest BCUT2D eigenvalue weighted by Gasteiger charge is 2.10. The van der Waals surface area contributed by atoms with Crippen molar-refractivity contribution in [3.8, 4) is 5.75 Å². The van der Waals surface area contributed by atoms with E-state index in [1.165, 1.54) is 0 Å². The molecule has 0 bridgehead atoms.